The van der Waals surface area contributed by atoms with Gasteiger partial charge >= 0.3 is 0 Å². The molecule has 0 saturated heterocycles. The summed E-state index contributed by atoms with van der Waals surface area (Å²) in [6, 6.07) is 7.66. The lowest BCUT2D eigenvalue weighted by atomic mass is 9.89. The number of amides is 1. The normalized spacial score (nSPS) is 22.3. The summed E-state index contributed by atoms with van der Waals surface area (Å²) >= 11 is 0. The molecule has 1 aromatic carbocycles. The average molecular weight is 248 g/mol. The van der Waals surface area contributed by atoms with Crippen LogP contribution in [0.4, 0.5) is 0 Å². The molecule has 1 aliphatic rings. The lowest BCUT2D eigenvalue weighted by molar-refractivity contribution is -0.00862. The fourth-order valence-corrected chi connectivity index (χ4v) is 2.12. The molecule has 98 valence electrons. The molecule has 0 bridgehead atoms. The molecule has 1 amide bonds. The lowest BCUT2D eigenvalue weighted by Crippen LogP contribution is -2.47. The van der Waals surface area contributed by atoms with Crippen LogP contribution in [0.1, 0.15) is 35.7 Å². The molecule has 4 nitrogen and oxygen atoms in total. The van der Waals surface area contributed by atoms with Gasteiger partial charge in [0.05, 0.1) is 6.10 Å². The fourth-order valence-electron chi connectivity index (χ4n) is 2.12. The molecule has 3 N–H and O–H groups in total. The first-order valence-electron chi connectivity index (χ1n) is 6.44. The molecule has 0 atom stereocenters. The fraction of sp³-hybridized carbons (Fsp3) is 0.500. The lowest BCUT2D eigenvalue weighted by Gasteiger charge is -2.35. The second kappa shape index (κ2) is 5.98. The highest BCUT2D eigenvalue weighted by Crippen LogP contribution is 2.23. The molecule has 1 aliphatic carbocycles. The number of ether oxygens (including phenoxy) is 1. The van der Waals surface area contributed by atoms with Gasteiger partial charge in [-0.05, 0) is 37.5 Å². The Morgan fingerprint density at radius 3 is 2.61 bits per heavy atom. The Morgan fingerprint density at radius 1 is 1.39 bits per heavy atom. The van der Waals surface area contributed by atoms with Gasteiger partial charge in [0.25, 0.3) is 5.91 Å². The van der Waals surface area contributed by atoms with Crippen molar-refractivity contribution in [2.45, 2.75) is 38.5 Å². The Morgan fingerprint density at radius 2 is 2.06 bits per heavy atom. The van der Waals surface area contributed by atoms with Gasteiger partial charge in [-0.3, -0.25) is 4.79 Å². The van der Waals surface area contributed by atoms with Gasteiger partial charge in [0.1, 0.15) is 0 Å². The van der Waals surface area contributed by atoms with Crippen LogP contribution < -0.4 is 11.1 Å². The maximum Gasteiger partial charge on any atom is 0.251 e. The molecule has 1 fully saturated rings. The number of hydrogen-bond acceptors (Lipinski definition) is 3. The third-order valence-corrected chi connectivity index (χ3v) is 3.28. The van der Waals surface area contributed by atoms with Gasteiger partial charge in [-0.25, -0.2) is 0 Å². The molecular weight excluding hydrogens is 228 g/mol. The van der Waals surface area contributed by atoms with Gasteiger partial charge in [0.2, 0.25) is 0 Å². The van der Waals surface area contributed by atoms with Crippen molar-refractivity contribution >= 4 is 5.91 Å². The van der Waals surface area contributed by atoms with E-state index in [9.17, 15) is 4.79 Å². The molecule has 0 aliphatic heterocycles. The van der Waals surface area contributed by atoms with Crippen LogP contribution in [-0.2, 0) is 11.3 Å². The van der Waals surface area contributed by atoms with E-state index in [0.29, 0.717) is 18.2 Å². The van der Waals surface area contributed by atoms with Crippen LogP contribution in [0, 0.1) is 0 Å². The predicted molar refractivity (Wildman–Crippen MR) is 70.2 cm³/mol. The summed E-state index contributed by atoms with van der Waals surface area (Å²) in [6.45, 7) is 3.23. The van der Waals surface area contributed by atoms with Crippen LogP contribution in [0.2, 0.25) is 0 Å². The number of benzene rings is 1. The zero-order chi connectivity index (χ0) is 13.0. The minimum atomic E-state index is -0.0153. The van der Waals surface area contributed by atoms with Crippen molar-refractivity contribution in [2.75, 3.05) is 6.61 Å². The van der Waals surface area contributed by atoms with Crippen molar-refractivity contribution in [1.82, 2.24) is 5.32 Å². The van der Waals surface area contributed by atoms with Crippen molar-refractivity contribution in [3.8, 4) is 0 Å². The first-order valence-corrected chi connectivity index (χ1v) is 6.44. The highest BCUT2D eigenvalue weighted by atomic mass is 16.5. The van der Waals surface area contributed by atoms with Crippen molar-refractivity contribution in [1.29, 1.82) is 0 Å². The Bertz CT molecular complexity index is 397. The van der Waals surface area contributed by atoms with E-state index in [1.807, 2.05) is 31.2 Å². The molecular formula is C14H20N2O2. The molecule has 4 heteroatoms. The van der Waals surface area contributed by atoms with E-state index in [4.69, 9.17) is 10.5 Å². The highest BCUT2D eigenvalue weighted by molar-refractivity contribution is 5.94. The third kappa shape index (κ3) is 3.09. The van der Waals surface area contributed by atoms with Gasteiger partial charge in [-0.15, -0.1) is 0 Å². The van der Waals surface area contributed by atoms with E-state index in [-0.39, 0.29) is 11.9 Å². The van der Waals surface area contributed by atoms with E-state index in [2.05, 4.69) is 5.32 Å². The molecule has 18 heavy (non-hydrogen) atoms. The zero-order valence-corrected chi connectivity index (χ0v) is 10.7. The molecule has 0 spiro atoms. The van der Waals surface area contributed by atoms with E-state index in [0.717, 1.165) is 25.0 Å². The third-order valence-electron chi connectivity index (χ3n) is 3.28. The summed E-state index contributed by atoms with van der Waals surface area (Å²) in [6.07, 6.45) is 2.15. The maximum absolute atomic E-state index is 11.9. The monoisotopic (exact) mass is 248 g/mol. The Labute approximate surface area is 108 Å². The molecule has 1 saturated carbocycles. The summed E-state index contributed by atoms with van der Waals surface area (Å²) in [4.78, 5) is 11.9. The highest BCUT2D eigenvalue weighted by Gasteiger charge is 2.30. The number of nitrogens with one attached hydrogen (secondary N) is 1. The Hall–Kier alpha value is -1.39. The van der Waals surface area contributed by atoms with E-state index in [1.54, 1.807) is 0 Å². The molecule has 1 aromatic rings. The maximum atomic E-state index is 11.9. The van der Waals surface area contributed by atoms with Gasteiger partial charge in [-0.2, -0.15) is 0 Å². The molecule has 0 radical (unpaired) electrons. The second-order valence-corrected chi connectivity index (χ2v) is 4.62. The number of carbonyl (C=O) groups is 1. The zero-order valence-electron chi connectivity index (χ0n) is 10.7. The van der Waals surface area contributed by atoms with E-state index >= 15 is 0 Å². The number of nitrogens with two attached hydrogens (primary N) is 1. The smallest absolute Gasteiger partial charge is 0.251 e. The van der Waals surface area contributed by atoms with Gasteiger partial charge in [-0.1, -0.05) is 12.1 Å². The Kier molecular flexibility index (Phi) is 4.33. The SMILES string of the molecule is CCOC1CC(NC(=O)c2ccc(CN)cc2)C1. The van der Waals surface area contributed by atoms with Crippen LogP contribution in [0.15, 0.2) is 24.3 Å². The standard InChI is InChI=1S/C14H20N2O2/c1-2-18-13-7-12(8-13)16-14(17)11-5-3-10(9-15)4-6-11/h3-6,12-13H,2,7-9,15H2,1H3,(H,16,17). The summed E-state index contributed by atoms with van der Waals surface area (Å²) in [5, 5.41) is 3.01. The van der Waals surface area contributed by atoms with E-state index in [1.165, 1.54) is 0 Å². The number of hydrogen-bond donors (Lipinski definition) is 2. The van der Waals surface area contributed by atoms with Crippen molar-refractivity contribution in [3.05, 3.63) is 35.4 Å². The largest absolute Gasteiger partial charge is 0.378 e. The average Bonchev–Trinajstić information content (AvgIpc) is 2.36. The summed E-state index contributed by atoms with van der Waals surface area (Å²) in [5.74, 6) is -0.0153. The van der Waals surface area contributed by atoms with Crippen LogP contribution in [-0.4, -0.2) is 24.7 Å². The van der Waals surface area contributed by atoms with Crippen LogP contribution >= 0.6 is 0 Å². The van der Waals surface area contributed by atoms with Crippen molar-refractivity contribution in [2.24, 2.45) is 5.73 Å². The van der Waals surface area contributed by atoms with Gasteiger partial charge < -0.3 is 15.8 Å². The quantitative estimate of drug-likeness (QED) is 0.828. The molecule has 0 unspecified atom stereocenters. The second-order valence-electron chi connectivity index (χ2n) is 4.62. The van der Waals surface area contributed by atoms with Gasteiger partial charge in [0.15, 0.2) is 0 Å². The first kappa shape index (κ1) is 13.1. The predicted octanol–water partition coefficient (Wildman–Crippen LogP) is 1.44. The molecule has 2 rings (SSSR count). The topological polar surface area (TPSA) is 64.3 Å². The van der Waals surface area contributed by atoms with E-state index < -0.39 is 0 Å². The Balaban J connectivity index is 1.81. The number of rotatable bonds is 5. The summed E-state index contributed by atoms with van der Waals surface area (Å²) in [5.41, 5.74) is 7.24. The minimum absolute atomic E-state index is 0.0153. The molecule has 0 heterocycles. The summed E-state index contributed by atoms with van der Waals surface area (Å²) < 4.78 is 5.46. The van der Waals surface area contributed by atoms with Crippen LogP contribution in [0.25, 0.3) is 0 Å². The first-order chi connectivity index (χ1) is 8.72. The minimum Gasteiger partial charge on any atom is -0.378 e. The number of carbonyl (C=O) groups excluding carboxylic acids is 1. The summed E-state index contributed by atoms with van der Waals surface area (Å²) in [7, 11) is 0. The van der Waals surface area contributed by atoms with Crippen molar-refractivity contribution in [3.63, 3.8) is 0 Å². The molecule has 0 aromatic heterocycles. The van der Waals surface area contributed by atoms with Gasteiger partial charge in [0, 0.05) is 24.8 Å². The van der Waals surface area contributed by atoms with Crippen LogP contribution in [0.5, 0.6) is 0 Å². The van der Waals surface area contributed by atoms with Crippen molar-refractivity contribution < 1.29 is 9.53 Å². The van der Waals surface area contributed by atoms with Crippen LogP contribution in [0.3, 0.4) is 0 Å².